The molecule has 1 N–H and O–H groups in total. The molecule has 6 nitrogen and oxygen atoms in total. The highest BCUT2D eigenvalue weighted by Gasteiger charge is 2.45. The molecule has 1 atom stereocenters. The van der Waals surface area contributed by atoms with E-state index in [1.54, 1.807) is 12.1 Å². The predicted octanol–water partition coefficient (Wildman–Crippen LogP) is 3.38. The molecule has 1 saturated heterocycles. The number of nitrogens with zero attached hydrogens (tertiary/aromatic N) is 2. The predicted molar refractivity (Wildman–Crippen MR) is 116 cm³/mol. The Balaban J connectivity index is 2.10. The van der Waals surface area contributed by atoms with Crippen LogP contribution in [-0.2, 0) is 9.59 Å². The Morgan fingerprint density at radius 3 is 2.27 bits per heavy atom. The van der Waals surface area contributed by atoms with E-state index in [1.165, 1.54) is 4.90 Å². The molecule has 0 aromatic heterocycles. The van der Waals surface area contributed by atoms with Crippen LogP contribution in [0.15, 0.2) is 54.1 Å². The van der Waals surface area contributed by atoms with Gasteiger partial charge in [-0.25, -0.2) is 0 Å². The van der Waals surface area contributed by atoms with Crippen molar-refractivity contribution in [1.82, 2.24) is 9.80 Å². The lowest BCUT2D eigenvalue weighted by Crippen LogP contribution is -2.35. The van der Waals surface area contributed by atoms with Gasteiger partial charge < -0.3 is 19.6 Å². The average Bonchev–Trinajstić information content (AvgIpc) is 2.98. The summed E-state index contributed by atoms with van der Waals surface area (Å²) in [6, 6.07) is 13.9. The van der Waals surface area contributed by atoms with Gasteiger partial charge in [-0.1, -0.05) is 42.0 Å². The van der Waals surface area contributed by atoms with Crippen molar-refractivity contribution in [3.63, 3.8) is 0 Å². The van der Waals surface area contributed by atoms with Crippen molar-refractivity contribution in [3.05, 3.63) is 70.8 Å². The van der Waals surface area contributed by atoms with Crippen LogP contribution >= 0.6 is 0 Å². The maximum absolute atomic E-state index is 12.9. The zero-order valence-corrected chi connectivity index (χ0v) is 17.9. The first-order chi connectivity index (χ1) is 14.3. The molecular weight excluding hydrogens is 380 g/mol. The minimum absolute atomic E-state index is 0.117. The summed E-state index contributed by atoms with van der Waals surface area (Å²) in [5.41, 5.74) is 2.43. The van der Waals surface area contributed by atoms with E-state index in [0.29, 0.717) is 31.0 Å². The van der Waals surface area contributed by atoms with E-state index in [9.17, 15) is 14.7 Å². The summed E-state index contributed by atoms with van der Waals surface area (Å²) in [5, 5.41) is 11.0. The third-order valence-corrected chi connectivity index (χ3v) is 5.16. The fourth-order valence-electron chi connectivity index (χ4n) is 3.54. The van der Waals surface area contributed by atoms with E-state index < -0.39 is 17.7 Å². The number of Topliss-reactive ketones (excluding diaryl/α,β-unsaturated/α-hetero) is 1. The van der Waals surface area contributed by atoms with Crippen molar-refractivity contribution in [1.29, 1.82) is 0 Å². The number of ether oxygens (including phenoxy) is 1. The Morgan fingerprint density at radius 2 is 1.70 bits per heavy atom. The molecule has 30 heavy (non-hydrogen) atoms. The lowest BCUT2D eigenvalue weighted by atomic mass is 9.95. The Morgan fingerprint density at radius 1 is 1.07 bits per heavy atom. The van der Waals surface area contributed by atoms with Crippen LogP contribution < -0.4 is 4.74 Å². The number of likely N-dealkylation sites (tertiary alicyclic amines) is 1. The molecule has 2 aromatic rings. The van der Waals surface area contributed by atoms with Gasteiger partial charge in [0.25, 0.3) is 11.7 Å². The van der Waals surface area contributed by atoms with Gasteiger partial charge in [-0.3, -0.25) is 9.59 Å². The molecule has 0 spiro atoms. The number of carbonyl (C=O) groups is 2. The first-order valence-corrected chi connectivity index (χ1v) is 10.1. The lowest BCUT2D eigenvalue weighted by molar-refractivity contribution is -0.140. The minimum Gasteiger partial charge on any atom is -0.507 e. The summed E-state index contributed by atoms with van der Waals surface area (Å²) in [6.45, 7) is 5.38. The molecule has 1 aliphatic heterocycles. The van der Waals surface area contributed by atoms with Crippen LogP contribution in [0.3, 0.4) is 0 Å². The number of benzene rings is 2. The van der Waals surface area contributed by atoms with Gasteiger partial charge >= 0.3 is 0 Å². The number of likely N-dealkylation sites (N-methyl/N-ethyl adjacent to an activating group) is 1. The lowest BCUT2D eigenvalue weighted by Gasteiger charge is -2.26. The number of aryl methyl sites for hydroxylation is 1. The Hall–Kier alpha value is -3.12. The van der Waals surface area contributed by atoms with Gasteiger partial charge in [0.15, 0.2) is 0 Å². The second-order valence-electron chi connectivity index (χ2n) is 7.66. The zero-order valence-electron chi connectivity index (χ0n) is 17.9. The smallest absolute Gasteiger partial charge is 0.295 e. The van der Waals surface area contributed by atoms with Crippen molar-refractivity contribution < 1.29 is 19.4 Å². The minimum atomic E-state index is -0.661. The highest BCUT2D eigenvalue weighted by atomic mass is 16.5. The van der Waals surface area contributed by atoms with Crippen LogP contribution in [0, 0.1) is 6.92 Å². The van der Waals surface area contributed by atoms with Gasteiger partial charge in [0.05, 0.1) is 18.2 Å². The number of hydrogen-bond acceptors (Lipinski definition) is 5. The number of rotatable bonds is 7. The topological polar surface area (TPSA) is 70.1 Å². The highest BCUT2D eigenvalue weighted by molar-refractivity contribution is 6.46. The molecule has 1 fully saturated rings. The number of carbonyl (C=O) groups excluding carboxylic acids is 2. The van der Waals surface area contributed by atoms with Crippen molar-refractivity contribution in [2.24, 2.45) is 0 Å². The maximum Gasteiger partial charge on any atom is 0.295 e. The average molecular weight is 408 g/mol. The molecule has 1 unspecified atom stereocenters. The van der Waals surface area contributed by atoms with Crippen LogP contribution in [0.1, 0.15) is 29.7 Å². The quantitative estimate of drug-likeness (QED) is 0.432. The first-order valence-electron chi connectivity index (χ1n) is 10.1. The van der Waals surface area contributed by atoms with Crippen LogP contribution in [0.2, 0.25) is 0 Å². The van der Waals surface area contributed by atoms with Crippen molar-refractivity contribution in [2.45, 2.75) is 19.9 Å². The van der Waals surface area contributed by atoms with E-state index in [4.69, 9.17) is 4.74 Å². The van der Waals surface area contributed by atoms with Gasteiger partial charge in [-0.05, 0) is 45.6 Å². The largest absolute Gasteiger partial charge is 0.507 e. The second kappa shape index (κ2) is 9.13. The summed E-state index contributed by atoms with van der Waals surface area (Å²) in [7, 11) is 3.82. The fourth-order valence-corrected chi connectivity index (χ4v) is 3.54. The molecule has 0 saturated carbocycles. The number of amides is 1. The molecule has 0 bridgehead atoms. The van der Waals surface area contributed by atoms with Crippen molar-refractivity contribution in [2.75, 3.05) is 33.8 Å². The summed E-state index contributed by atoms with van der Waals surface area (Å²) in [4.78, 5) is 29.3. The molecule has 1 aliphatic rings. The number of ketones is 1. The Kier molecular flexibility index (Phi) is 6.57. The maximum atomic E-state index is 12.9. The van der Waals surface area contributed by atoms with Crippen LogP contribution in [0.4, 0.5) is 0 Å². The summed E-state index contributed by atoms with van der Waals surface area (Å²) in [5.74, 6) is -0.695. The van der Waals surface area contributed by atoms with Crippen molar-refractivity contribution in [3.8, 4) is 5.75 Å². The van der Waals surface area contributed by atoms with E-state index >= 15 is 0 Å². The van der Waals surface area contributed by atoms with E-state index in [1.807, 2.05) is 69.2 Å². The normalized spacial score (nSPS) is 18.3. The van der Waals surface area contributed by atoms with E-state index in [0.717, 1.165) is 11.1 Å². The van der Waals surface area contributed by atoms with Gasteiger partial charge in [0.1, 0.15) is 11.5 Å². The third kappa shape index (κ3) is 4.39. The van der Waals surface area contributed by atoms with Crippen LogP contribution in [-0.4, -0.2) is 60.4 Å². The number of aliphatic hydroxyl groups excluding tert-OH is 1. The van der Waals surface area contributed by atoms with Gasteiger partial charge in [0.2, 0.25) is 0 Å². The summed E-state index contributed by atoms with van der Waals surface area (Å²) in [6.07, 6.45) is 0. The van der Waals surface area contributed by atoms with Crippen LogP contribution in [0.25, 0.3) is 5.76 Å². The SMILES string of the molecule is CCOc1ccc(C2/C(=C(/O)c3ccc(C)cc3)C(=O)C(=O)N2CCN(C)C)cc1. The molecule has 0 aliphatic carbocycles. The highest BCUT2D eigenvalue weighted by Crippen LogP contribution is 2.39. The zero-order chi connectivity index (χ0) is 21.8. The standard InChI is InChI=1S/C24H28N2O4/c1-5-30-19-12-10-17(11-13-19)21-20(22(27)18-8-6-16(2)7-9-18)23(28)24(29)26(21)15-14-25(3)4/h6-13,21,27H,5,14-15H2,1-4H3/b22-20-. The Labute approximate surface area is 177 Å². The monoisotopic (exact) mass is 408 g/mol. The molecule has 1 amide bonds. The molecule has 0 radical (unpaired) electrons. The van der Waals surface area contributed by atoms with Gasteiger partial charge in [-0.15, -0.1) is 0 Å². The van der Waals surface area contributed by atoms with Crippen LogP contribution in [0.5, 0.6) is 5.75 Å². The number of aliphatic hydroxyl groups is 1. The molecular formula is C24H28N2O4. The fraction of sp³-hybridized carbons (Fsp3) is 0.333. The molecule has 1 heterocycles. The Bertz CT molecular complexity index is 946. The van der Waals surface area contributed by atoms with Gasteiger partial charge in [0, 0.05) is 18.7 Å². The van der Waals surface area contributed by atoms with E-state index in [-0.39, 0.29) is 11.3 Å². The molecule has 158 valence electrons. The molecule has 3 rings (SSSR count). The summed E-state index contributed by atoms with van der Waals surface area (Å²) < 4.78 is 5.51. The second-order valence-corrected chi connectivity index (χ2v) is 7.66. The van der Waals surface area contributed by atoms with Gasteiger partial charge in [-0.2, -0.15) is 0 Å². The molecule has 2 aromatic carbocycles. The first kappa shape index (κ1) is 21.6. The third-order valence-electron chi connectivity index (χ3n) is 5.16. The number of hydrogen-bond donors (Lipinski definition) is 1. The summed E-state index contributed by atoms with van der Waals surface area (Å²) >= 11 is 0. The van der Waals surface area contributed by atoms with E-state index in [2.05, 4.69) is 0 Å². The van der Waals surface area contributed by atoms with Crippen molar-refractivity contribution >= 4 is 17.4 Å². The molecule has 6 heteroatoms.